The number of H-pyrrole nitrogens is 1. The van der Waals surface area contributed by atoms with Crippen molar-refractivity contribution in [2.75, 3.05) is 21.3 Å². The first-order valence-electron chi connectivity index (χ1n) is 12.5. The third-order valence-corrected chi connectivity index (χ3v) is 6.37. The van der Waals surface area contributed by atoms with Gasteiger partial charge in [-0.1, -0.05) is 13.8 Å². The lowest BCUT2D eigenvalue weighted by molar-refractivity contribution is -0.157. The highest BCUT2D eigenvalue weighted by atomic mass is 16.6. The number of benzene rings is 1. The third kappa shape index (κ3) is 5.94. The minimum absolute atomic E-state index is 0.203. The van der Waals surface area contributed by atoms with Crippen molar-refractivity contribution in [3.63, 3.8) is 0 Å². The Morgan fingerprint density at radius 1 is 1.08 bits per heavy atom. The smallest absolute Gasteiger partial charge is 0.408 e. The molecule has 3 unspecified atom stereocenters. The van der Waals surface area contributed by atoms with Crippen LogP contribution in [0, 0.1) is 5.92 Å². The highest BCUT2D eigenvalue weighted by Crippen LogP contribution is 2.43. The molecule has 0 spiro atoms. The van der Waals surface area contributed by atoms with E-state index < -0.39 is 41.7 Å². The molecule has 0 saturated carbocycles. The molecule has 3 atom stereocenters. The van der Waals surface area contributed by atoms with Crippen LogP contribution in [0.1, 0.15) is 65.3 Å². The number of alkyl carbamates (subject to hydrolysis) is 1. The summed E-state index contributed by atoms with van der Waals surface area (Å²) in [5.41, 5.74) is 1.87. The van der Waals surface area contributed by atoms with Crippen LogP contribution in [0.25, 0.3) is 10.9 Å². The molecule has 1 aromatic heterocycles. The van der Waals surface area contributed by atoms with Crippen LogP contribution in [0.3, 0.4) is 0 Å². The van der Waals surface area contributed by atoms with Gasteiger partial charge in [0.25, 0.3) is 0 Å². The molecule has 2 amide bonds. The van der Waals surface area contributed by atoms with Crippen LogP contribution in [0.15, 0.2) is 12.1 Å². The number of carbonyl (C=O) groups is 3. The van der Waals surface area contributed by atoms with Gasteiger partial charge in [-0.3, -0.25) is 4.79 Å². The Bertz CT molecular complexity index is 1160. The monoisotopic (exact) mass is 517 g/mol. The number of nitrogens with one attached hydrogen (secondary N) is 2. The Hall–Kier alpha value is -3.43. The normalized spacial score (nSPS) is 18.3. The molecule has 1 aromatic carbocycles. The standard InChI is InChI=1S/C27H39N3O7/c1-14(2)10-19-23-17(16-12-21(34-7)22(35-8)13-18(16)29-23)11-20(25(32)36-9)30(19)24(31)15(3)28-26(33)37-27(4,5)6/h12-15,19-20,29H,10-11H2,1-9H3,(H,28,33). The van der Waals surface area contributed by atoms with E-state index >= 15 is 0 Å². The van der Waals surface area contributed by atoms with Crippen LogP contribution in [-0.2, 0) is 25.5 Å². The van der Waals surface area contributed by atoms with Crippen LogP contribution in [0.4, 0.5) is 4.79 Å². The minimum atomic E-state index is -0.928. The molecule has 0 radical (unpaired) electrons. The second-order valence-corrected chi connectivity index (χ2v) is 10.8. The molecule has 10 heteroatoms. The molecule has 0 aliphatic carbocycles. The molecule has 0 saturated heterocycles. The zero-order chi connectivity index (χ0) is 27.7. The predicted octanol–water partition coefficient (Wildman–Crippen LogP) is 4.11. The summed E-state index contributed by atoms with van der Waals surface area (Å²) in [6.45, 7) is 10.9. The van der Waals surface area contributed by atoms with E-state index in [9.17, 15) is 14.4 Å². The average Bonchev–Trinajstić information content (AvgIpc) is 3.17. The lowest BCUT2D eigenvalue weighted by Gasteiger charge is -2.42. The molecule has 0 fully saturated rings. The Balaban J connectivity index is 2.11. The van der Waals surface area contributed by atoms with Gasteiger partial charge in [0.05, 0.1) is 27.4 Å². The lowest BCUT2D eigenvalue weighted by atomic mass is 9.87. The van der Waals surface area contributed by atoms with Gasteiger partial charge in [-0.15, -0.1) is 0 Å². The molecular weight excluding hydrogens is 478 g/mol. The van der Waals surface area contributed by atoms with Crippen molar-refractivity contribution in [2.24, 2.45) is 5.92 Å². The molecule has 1 aliphatic rings. The summed E-state index contributed by atoms with van der Waals surface area (Å²) in [4.78, 5) is 44.3. The highest BCUT2D eigenvalue weighted by Gasteiger charge is 2.45. The van der Waals surface area contributed by atoms with Gasteiger partial charge in [0.15, 0.2) is 11.5 Å². The summed E-state index contributed by atoms with van der Waals surface area (Å²) in [5, 5.41) is 3.51. The van der Waals surface area contributed by atoms with Crippen LogP contribution in [-0.4, -0.2) is 66.9 Å². The number of esters is 1. The summed E-state index contributed by atoms with van der Waals surface area (Å²) >= 11 is 0. The molecule has 3 rings (SSSR count). The molecule has 37 heavy (non-hydrogen) atoms. The summed E-state index contributed by atoms with van der Waals surface area (Å²) in [7, 11) is 4.45. The van der Waals surface area contributed by atoms with E-state index in [1.54, 1.807) is 46.8 Å². The Labute approximate surface area is 217 Å². The topological polar surface area (TPSA) is 119 Å². The lowest BCUT2D eigenvalue weighted by Crippen LogP contribution is -2.57. The Morgan fingerprint density at radius 3 is 2.24 bits per heavy atom. The average molecular weight is 518 g/mol. The van der Waals surface area contributed by atoms with E-state index in [1.165, 1.54) is 7.11 Å². The van der Waals surface area contributed by atoms with E-state index in [4.69, 9.17) is 18.9 Å². The van der Waals surface area contributed by atoms with Gasteiger partial charge in [0.1, 0.15) is 17.7 Å². The SMILES string of the molecule is COC(=O)C1Cc2c([nH]c3cc(OC)c(OC)cc23)C(CC(C)C)N1C(=O)C(C)NC(=O)OC(C)(C)C. The number of fused-ring (bicyclic) bond motifs is 3. The summed E-state index contributed by atoms with van der Waals surface area (Å²) in [6.07, 6.45) is 0.134. The molecule has 10 nitrogen and oxygen atoms in total. The molecular formula is C27H39N3O7. The van der Waals surface area contributed by atoms with Crippen molar-refractivity contribution in [2.45, 2.75) is 78.1 Å². The first kappa shape index (κ1) is 28.1. The fraction of sp³-hybridized carbons (Fsp3) is 0.593. The molecule has 2 aromatic rings. The van der Waals surface area contributed by atoms with Crippen LogP contribution >= 0.6 is 0 Å². The van der Waals surface area contributed by atoms with Crippen molar-refractivity contribution in [3.05, 3.63) is 23.4 Å². The van der Waals surface area contributed by atoms with E-state index in [1.807, 2.05) is 12.1 Å². The number of rotatable bonds is 7. The number of methoxy groups -OCH3 is 3. The predicted molar refractivity (Wildman–Crippen MR) is 139 cm³/mol. The second kappa shape index (κ2) is 10.9. The van der Waals surface area contributed by atoms with Gasteiger partial charge in [0, 0.05) is 29.1 Å². The van der Waals surface area contributed by atoms with Crippen molar-refractivity contribution in [1.82, 2.24) is 15.2 Å². The zero-order valence-electron chi connectivity index (χ0n) is 23.2. The van der Waals surface area contributed by atoms with Gasteiger partial charge < -0.3 is 34.1 Å². The van der Waals surface area contributed by atoms with Crippen molar-refractivity contribution >= 4 is 28.9 Å². The third-order valence-electron chi connectivity index (χ3n) is 6.37. The fourth-order valence-corrected chi connectivity index (χ4v) is 4.84. The molecule has 0 bridgehead atoms. The highest BCUT2D eigenvalue weighted by molar-refractivity contribution is 5.93. The number of aromatic amines is 1. The van der Waals surface area contributed by atoms with Gasteiger partial charge in [0.2, 0.25) is 5.91 Å². The minimum Gasteiger partial charge on any atom is -0.493 e. The largest absolute Gasteiger partial charge is 0.493 e. The Kier molecular flexibility index (Phi) is 8.29. The fourth-order valence-electron chi connectivity index (χ4n) is 4.84. The molecule has 2 heterocycles. The number of ether oxygens (including phenoxy) is 4. The van der Waals surface area contributed by atoms with Crippen molar-refractivity contribution in [1.29, 1.82) is 0 Å². The van der Waals surface area contributed by atoms with Gasteiger partial charge >= 0.3 is 12.1 Å². The zero-order valence-corrected chi connectivity index (χ0v) is 23.2. The summed E-state index contributed by atoms with van der Waals surface area (Å²) in [5.74, 6) is 0.426. The number of nitrogens with zero attached hydrogens (tertiary/aromatic N) is 1. The maximum atomic E-state index is 13.8. The van der Waals surface area contributed by atoms with E-state index in [0.717, 1.165) is 22.2 Å². The van der Waals surface area contributed by atoms with E-state index in [2.05, 4.69) is 24.1 Å². The van der Waals surface area contributed by atoms with Crippen LogP contribution in [0.5, 0.6) is 11.5 Å². The number of carbonyl (C=O) groups excluding carboxylic acids is 3. The summed E-state index contributed by atoms with van der Waals surface area (Å²) in [6, 6.07) is 1.48. The van der Waals surface area contributed by atoms with Crippen molar-refractivity contribution in [3.8, 4) is 11.5 Å². The number of hydrogen-bond acceptors (Lipinski definition) is 7. The van der Waals surface area contributed by atoms with Crippen molar-refractivity contribution < 1.29 is 33.3 Å². The first-order valence-corrected chi connectivity index (χ1v) is 12.5. The Morgan fingerprint density at radius 2 is 1.70 bits per heavy atom. The second-order valence-electron chi connectivity index (χ2n) is 10.8. The quantitative estimate of drug-likeness (QED) is 0.531. The maximum absolute atomic E-state index is 13.8. The number of amides is 2. The van der Waals surface area contributed by atoms with Crippen LogP contribution in [0.2, 0.25) is 0 Å². The van der Waals surface area contributed by atoms with Gasteiger partial charge in [-0.25, -0.2) is 9.59 Å². The van der Waals surface area contributed by atoms with Gasteiger partial charge in [-0.05, 0) is 51.7 Å². The molecule has 1 aliphatic heterocycles. The maximum Gasteiger partial charge on any atom is 0.408 e. The molecule has 204 valence electrons. The first-order chi connectivity index (χ1) is 17.3. The van der Waals surface area contributed by atoms with Gasteiger partial charge in [-0.2, -0.15) is 0 Å². The summed E-state index contributed by atoms with van der Waals surface area (Å²) < 4.78 is 21.4. The van der Waals surface area contributed by atoms with Crippen LogP contribution < -0.4 is 14.8 Å². The van der Waals surface area contributed by atoms with E-state index in [0.29, 0.717) is 17.9 Å². The van der Waals surface area contributed by atoms with E-state index in [-0.39, 0.29) is 12.3 Å². The number of aromatic nitrogens is 1. The molecule has 2 N–H and O–H groups in total. The number of hydrogen-bond donors (Lipinski definition) is 2.